The number of carbonyl (C=O) groups is 2. The quantitative estimate of drug-likeness (QED) is 0.415. The van der Waals surface area contributed by atoms with Crippen molar-refractivity contribution in [2.45, 2.75) is 31.0 Å². The van der Waals surface area contributed by atoms with Crippen LogP contribution in [0.1, 0.15) is 23.7 Å². The number of alkyl carbamates (subject to hydrolysis) is 1. The molecule has 11 nitrogen and oxygen atoms in total. The molecular formula is C23H25FN6O5. The maximum atomic E-state index is 15.2. The van der Waals surface area contributed by atoms with Crippen LogP contribution < -0.4 is 20.3 Å². The van der Waals surface area contributed by atoms with Crippen molar-refractivity contribution in [3.8, 4) is 5.88 Å². The molecule has 4 heterocycles. The van der Waals surface area contributed by atoms with Gasteiger partial charge in [-0.25, -0.2) is 14.2 Å². The van der Waals surface area contributed by atoms with Gasteiger partial charge in [0.25, 0.3) is 5.88 Å². The number of aromatic nitrogens is 3. The summed E-state index contributed by atoms with van der Waals surface area (Å²) < 4.78 is 30.7. The van der Waals surface area contributed by atoms with Crippen LogP contribution in [0.2, 0.25) is 0 Å². The number of ketones is 1. The number of hydrogen-bond donors (Lipinski definition) is 3. The van der Waals surface area contributed by atoms with Gasteiger partial charge in [0.15, 0.2) is 11.9 Å². The number of nitrogens with one attached hydrogen (secondary N) is 3. The number of piperazine rings is 1. The first-order valence-corrected chi connectivity index (χ1v) is 11.3. The lowest BCUT2D eigenvalue weighted by atomic mass is 10.0. The normalized spacial score (nSPS) is 22.0. The second-order valence-electron chi connectivity index (χ2n) is 8.42. The van der Waals surface area contributed by atoms with Gasteiger partial charge in [-0.15, -0.1) is 0 Å². The van der Waals surface area contributed by atoms with E-state index in [-0.39, 0.29) is 24.3 Å². The highest BCUT2D eigenvalue weighted by molar-refractivity contribution is 5.85. The van der Waals surface area contributed by atoms with Gasteiger partial charge >= 0.3 is 6.09 Å². The largest absolute Gasteiger partial charge is 0.471 e. The standard InChI is InChI=1S/C23H25FN6O5/c24-16-9-14(22-20(35-23(32)28-22)12-33-21-5-8-34-29-21)1-3-18(16)30-7-6-26-17(11-30)19(31)4-2-15-10-25-13-27-15/h1,3,5,8-10,13,17,20,22,26H,2,4,6-7,11-12H2,(H,25,27)(H,28,32)/t17?,20-,22?/m0/s1. The number of imidazole rings is 1. The summed E-state index contributed by atoms with van der Waals surface area (Å²) in [6.45, 7) is 1.53. The summed E-state index contributed by atoms with van der Waals surface area (Å²) in [6.07, 6.45) is 4.33. The van der Waals surface area contributed by atoms with Crippen LogP contribution in [-0.4, -0.2) is 65.4 Å². The van der Waals surface area contributed by atoms with E-state index < -0.39 is 24.1 Å². The third kappa shape index (κ3) is 5.27. The fourth-order valence-electron chi connectivity index (χ4n) is 4.34. The zero-order chi connectivity index (χ0) is 24.2. The Balaban J connectivity index is 1.23. The Morgan fingerprint density at radius 1 is 1.31 bits per heavy atom. The fourth-order valence-corrected chi connectivity index (χ4v) is 4.34. The molecule has 5 rings (SSSR count). The van der Waals surface area contributed by atoms with E-state index >= 15 is 4.39 Å². The predicted octanol–water partition coefficient (Wildman–Crippen LogP) is 1.75. The second-order valence-corrected chi connectivity index (χ2v) is 8.42. The zero-order valence-electron chi connectivity index (χ0n) is 18.8. The van der Waals surface area contributed by atoms with Crippen LogP contribution in [0.15, 0.2) is 47.6 Å². The number of carbonyl (C=O) groups excluding carboxylic acids is 2. The van der Waals surface area contributed by atoms with Gasteiger partial charge in [-0.1, -0.05) is 6.07 Å². The molecule has 2 aliphatic rings. The van der Waals surface area contributed by atoms with Gasteiger partial charge in [0, 0.05) is 44.0 Å². The Bertz CT molecular complexity index is 1160. The summed E-state index contributed by atoms with van der Waals surface area (Å²) in [6, 6.07) is 5.37. The Morgan fingerprint density at radius 3 is 3.00 bits per heavy atom. The zero-order valence-corrected chi connectivity index (χ0v) is 18.8. The lowest BCUT2D eigenvalue weighted by molar-refractivity contribution is -0.121. The molecule has 2 saturated heterocycles. The number of aromatic amines is 1. The molecule has 3 atom stereocenters. The molecule has 2 unspecified atom stereocenters. The van der Waals surface area contributed by atoms with Gasteiger partial charge < -0.3 is 34.5 Å². The molecule has 12 heteroatoms. The molecule has 0 spiro atoms. The minimum absolute atomic E-state index is 0.0272. The van der Waals surface area contributed by atoms with Gasteiger partial charge in [-0.2, -0.15) is 0 Å². The van der Waals surface area contributed by atoms with E-state index in [0.717, 1.165) is 5.69 Å². The molecule has 35 heavy (non-hydrogen) atoms. The van der Waals surface area contributed by atoms with E-state index in [1.54, 1.807) is 24.7 Å². The molecule has 184 valence electrons. The number of ether oxygens (including phenoxy) is 2. The van der Waals surface area contributed by atoms with Crippen molar-refractivity contribution in [1.29, 1.82) is 0 Å². The van der Waals surface area contributed by atoms with Crippen LogP contribution in [0.3, 0.4) is 0 Å². The first-order valence-electron chi connectivity index (χ1n) is 11.3. The van der Waals surface area contributed by atoms with E-state index in [2.05, 4.69) is 25.8 Å². The number of anilines is 1. The molecule has 0 bridgehead atoms. The van der Waals surface area contributed by atoms with Crippen LogP contribution in [0.25, 0.3) is 0 Å². The molecule has 2 fully saturated rings. The van der Waals surface area contributed by atoms with Crippen molar-refractivity contribution in [2.75, 3.05) is 31.1 Å². The maximum absolute atomic E-state index is 15.2. The Kier molecular flexibility index (Phi) is 6.62. The number of amides is 1. The van der Waals surface area contributed by atoms with Crippen LogP contribution in [0, 0.1) is 5.82 Å². The van der Waals surface area contributed by atoms with E-state index in [4.69, 9.17) is 14.0 Å². The van der Waals surface area contributed by atoms with Gasteiger partial charge in [-0.05, 0) is 29.3 Å². The lowest BCUT2D eigenvalue weighted by Crippen LogP contribution is -2.54. The smallest absolute Gasteiger partial charge is 0.408 e. The van der Waals surface area contributed by atoms with Crippen molar-refractivity contribution in [3.63, 3.8) is 0 Å². The summed E-state index contributed by atoms with van der Waals surface area (Å²) in [5.74, 6) is -0.104. The summed E-state index contributed by atoms with van der Waals surface area (Å²) in [7, 11) is 0. The van der Waals surface area contributed by atoms with Gasteiger partial charge in [0.1, 0.15) is 18.7 Å². The minimum Gasteiger partial charge on any atom is -0.471 e. The number of benzene rings is 1. The Labute approximate surface area is 200 Å². The molecule has 0 radical (unpaired) electrons. The molecule has 2 aliphatic heterocycles. The molecule has 1 amide bonds. The maximum Gasteiger partial charge on any atom is 0.408 e. The number of aryl methyl sites for hydroxylation is 1. The fraction of sp³-hybridized carbons (Fsp3) is 0.391. The Morgan fingerprint density at radius 2 is 2.23 bits per heavy atom. The summed E-state index contributed by atoms with van der Waals surface area (Å²) in [5.41, 5.74) is 1.86. The average molecular weight is 484 g/mol. The third-order valence-electron chi connectivity index (χ3n) is 6.14. The predicted molar refractivity (Wildman–Crippen MR) is 120 cm³/mol. The van der Waals surface area contributed by atoms with Gasteiger partial charge in [-0.3, -0.25) is 4.79 Å². The molecule has 1 aromatic carbocycles. The molecule has 3 aromatic rings. The number of halogens is 1. The van der Waals surface area contributed by atoms with Crippen LogP contribution in [0.4, 0.5) is 14.9 Å². The van der Waals surface area contributed by atoms with E-state index in [9.17, 15) is 9.59 Å². The third-order valence-corrected chi connectivity index (χ3v) is 6.14. The highest BCUT2D eigenvalue weighted by Crippen LogP contribution is 2.30. The van der Waals surface area contributed by atoms with Gasteiger partial charge in [0.2, 0.25) is 0 Å². The SMILES string of the molecule is O=C1NC(c2ccc(N3CCNC(C(=O)CCc4cnc[nH]4)C3)c(F)c2)[C@H](COc2ccon2)O1. The van der Waals surface area contributed by atoms with Crippen molar-refractivity contribution < 1.29 is 28.0 Å². The second kappa shape index (κ2) is 10.1. The molecular weight excluding hydrogens is 459 g/mol. The summed E-state index contributed by atoms with van der Waals surface area (Å²) >= 11 is 0. The monoisotopic (exact) mass is 484 g/mol. The average Bonchev–Trinajstić information content (AvgIpc) is 3.64. The van der Waals surface area contributed by atoms with Crippen LogP contribution >= 0.6 is 0 Å². The molecule has 3 N–H and O–H groups in total. The van der Waals surface area contributed by atoms with E-state index in [1.807, 2.05) is 4.90 Å². The number of cyclic esters (lactones) is 1. The first kappa shape index (κ1) is 22.8. The number of Topliss-reactive ketones (excluding diaryl/α,β-unsaturated/α-hetero) is 1. The number of hydrogen-bond acceptors (Lipinski definition) is 9. The molecule has 0 aliphatic carbocycles. The van der Waals surface area contributed by atoms with Crippen LogP contribution in [0.5, 0.6) is 5.88 Å². The van der Waals surface area contributed by atoms with Crippen molar-refractivity contribution in [3.05, 3.63) is 60.1 Å². The number of rotatable bonds is 9. The van der Waals surface area contributed by atoms with Crippen molar-refractivity contribution in [2.24, 2.45) is 0 Å². The number of H-pyrrole nitrogens is 1. The molecule has 0 saturated carbocycles. The van der Waals surface area contributed by atoms with Gasteiger partial charge in [0.05, 0.1) is 24.1 Å². The first-order chi connectivity index (χ1) is 17.1. The topological polar surface area (TPSA) is 135 Å². The van der Waals surface area contributed by atoms with E-state index in [1.165, 1.54) is 18.4 Å². The minimum atomic E-state index is -0.666. The highest BCUT2D eigenvalue weighted by Gasteiger charge is 2.36. The number of nitrogens with zero attached hydrogens (tertiary/aromatic N) is 3. The van der Waals surface area contributed by atoms with Crippen LogP contribution in [-0.2, 0) is 16.0 Å². The summed E-state index contributed by atoms with van der Waals surface area (Å²) in [5, 5.41) is 9.59. The summed E-state index contributed by atoms with van der Waals surface area (Å²) in [4.78, 5) is 33.4. The van der Waals surface area contributed by atoms with Crippen molar-refractivity contribution in [1.82, 2.24) is 25.8 Å². The Hall–Kier alpha value is -3.93. The van der Waals surface area contributed by atoms with Crippen molar-refractivity contribution >= 4 is 17.6 Å². The highest BCUT2D eigenvalue weighted by atomic mass is 19.1. The lowest BCUT2D eigenvalue weighted by Gasteiger charge is -2.35. The molecule has 2 aromatic heterocycles. The van der Waals surface area contributed by atoms with E-state index in [0.29, 0.717) is 43.7 Å².